The summed E-state index contributed by atoms with van der Waals surface area (Å²) in [6.45, 7) is 0.490. The van der Waals surface area contributed by atoms with E-state index >= 15 is 0 Å². The summed E-state index contributed by atoms with van der Waals surface area (Å²) < 4.78 is 11.5. The van der Waals surface area contributed by atoms with Crippen molar-refractivity contribution in [3.8, 4) is 5.75 Å². The first kappa shape index (κ1) is 19.3. The summed E-state index contributed by atoms with van der Waals surface area (Å²) in [6.07, 6.45) is 0.0847. The Morgan fingerprint density at radius 3 is 2.68 bits per heavy atom. The molecular formula is C19H22BrNO4. The average Bonchev–Trinajstić information content (AvgIpc) is 2.64. The fraction of sp³-hybridized carbons (Fsp3) is 0.316. The zero-order valence-corrected chi connectivity index (χ0v) is 15.7. The van der Waals surface area contributed by atoms with Crippen molar-refractivity contribution in [3.63, 3.8) is 0 Å². The van der Waals surface area contributed by atoms with Gasteiger partial charge in [0.05, 0.1) is 7.11 Å². The highest BCUT2D eigenvalue weighted by Crippen LogP contribution is 2.25. The lowest BCUT2D eigenvalue weighted by Crippen LogP contribution is -2.32. The van der Waals surface area contributed by atoms with Gasteiger partial charge < -0.3 is 19.9 Å². The van der Waals surface area contributed by atoms with E-state index in [-0.39, 0.29) is 19.1 Å². The number of methoxy groups -OCH3 is 1. The van der Waals surface area contributed by atoms with E-state index in [1.54, 1.807) is 7.11 Å². The molecule has 0 radical (unpaired) electrons. The molecule has 1 unspecified atom stereocenters. The minimum atomic E-state index is -0.497. The summed E-state index contributed by atoms with van der Waals surface area (Å²) in [4.78, 5) is 11.8. The van der Waals surface area contributed by atoms with E-state index in [9.17, 15) is 9.90 Å². The van der Waals surface area contributed by atoms with Gasteiger partial charge in [-0.2, -0.15) is 0 Å². The molecule has 0 bridgehead atoms. The number of aliphatic hydroxyl groups is 1. The van der Waals surface area contributed by atoms with E-state index in [2.05, 4.69) is 21.2 Å². The number of nitrogens with one attached hydrogen (secondary N) is 1. The summed E-state index contributed by atoms with van der Waals surface area (Å²) >= 11 is 3.43. The monoisotopic (exact) mass is 407 g/mol. The van der Waals surface area contributed by atoms with Crippen molar-refractivity contribution in [1.82, 2.24) is 5.32 Å². The Morgan fingerprint density at radius 1 is 1.24 bits per heavy atom. The van der Waals surface area contributed by atoms with Gasteiger partial charge in [-0.05, 0) is 35.7 Å². The van der Waals surface area contributed by atoms with Gasteiger partial charge in [0.25, 0.3) is 0 Å². The third-order valence-electron chi connectivity index (χ3n) is 3.76. The van der Waals surface area contributed by atoms with Crippen molar-refractivity contribution in [1.29, 1.82) is 0 Å². The van der Waals surface area contributed by atoms with Gasteiger partial charge in [-0.15, -0.1) is 0 Å². The van der Waals surface area contributed by atoms with Crippen molar-refractivity contribution in [2.24, 2.45) is 5.92 Å². The minimum absolute atomic E-state index is 0.0470. The highest BCUT2D eigenvalue weighted by Gasteiger charge is 2.14. The number of carbonyl (C=O) groups is 1. The summed E-state index contributed by atoms with van der Waals surface area (Å²) in [5.41, 5.74) is 1.89. The number of aliphatic hydroxyl groups excluding tert-OH is 1. The highest BCUT2D eigenvalue weighted by atomic mass is 79.9. The number of amides is 1. The molecule has 0 aromatic heterocycles. The number of alkyl carbamates (subject to hydrolysis) is 1. The van der Waals surface area contributed by atoms with Crippen molar-refractivity contribution < 1.29 is 19.4 Å². The Bertz CT molecular complexity index is 678. The second-order valence-corrected chi connectivity index (χ2v) is 6.57. The molecule has 2 aromatic carbocycles. The Kier molecular flexibility index (Phi) is 7.76. The van der Waals surface area contributed by atoms with Crippen LogP contribution in [0.2, 0.25) is 0 Å². The smallest absolute Gasteiger partial charge is 0.407 e. The van der Waals surface area contributed by atoms with Crippen LogP contribution in [0.25, 0.3) is 0 Å². The molecule has 0 aliphatic carbocycles. The molecule has 1 amide bonds. The lowest BCUT2D eigenvalue weighted by atomic mass is 9.99. The normalized spacial score (nSPS) is 11.6. The van der Waals surface area contributed by atoms with E-state index in [0.29, 0.717) is 13.0 Å². The molecular weight excluding hydrogens is 386 g/mol. The fourth-order valence-electron chi connectivity index (χ4n) is 2.42. The molecule has 0 saturated carbocycles. The molecule has 0 aliphatic rings. The topological polar surface area (TPSA) is 67.8 Å². The Labute approximate surface area is 156 Å². The molecule has 0 aliphatic heterocycles. The number of ether oxygens (including phenoxy) is 2. The zero-order valence-electron chi connectivity index (χ0n) is 14.1. The van der Waals surface area contributed by atoms with E-state index in [4.69, 9.17) is 9.47 Å². The minimum Gasteiger partial charge on any atom is -0.496 e. The lowest BCUT2D eigenvalue weighted by Gasteiger charge is -2.17. The summed E-state index contributed by atoms with van der Waals surface area (Å²) in [5.74, 6) is 0.626. The molecule has 6 heteroatoms. The quantitative estimate of drug-likeness (QED) is 0.701. The summed E-state index contributed by atoms with van der Waals surface area (Å²) in [7, 11) is 1.61. The van der Waals surface area contributed by atoms with Crippen LogP contribution >= 0.6 is 15.9 Å². The third-order valence-corrected chi connectivity index (χ3v) is 4.25. The van der Waals surface area contributed by atoms with Gasteiger partial charge in [-0.1, -0.05) is 46.3 Å². The van der Waals surface area contributed by atoms with Crippen LogP contribution in [0.15, 0.2) is 53.0 Å². The van der Waals surface area contributed by atoms with Gasteiger partial charge in [0.2, 0.25) is 0 Å². The molecule has 2 aromatic rings. The van der Waals surface area contributed by atoms with Gasteiger partial charge in [0.1, 0.15) is 12.4 Å². The van der Waals surface area contributed by atoms with Crippen LogP contribution in [0.1, 0.15) is 11.1 Å². The van der Waals surface area contributed by atoms with E-state index in [1.807, 2.05) is 48.5 Å². The number of carbonyl (C=O) groups excluding carboxylic acids is 1. The maximum atomic E-state index is 11.8. The molecule has 0 heterocycles. The second-order valence-electron chi connectivity index (χ2n) is 5.65. The Morgan fingerprint density at radius 2 is 2.00 bits per heavy atom. The zero-order chi connectivity index (χ0) is 18.1. The van der Waals surface area contributed by atoms with E-state index in [1.165, 1.54) is 0 Å². The molecule has 25 heavy (non-hydrogen) atoms. The van der Waals surface area contributed by atoms with Crippen LogP contribution < -0.4 is 10.1 Å². The van der Waals surface area contributed by atoms with Gasteiger partial charge >= 0.3 is 6.09 Å². The molecule has 0 fully saturated rings. The first-order chi connectivity index (χ1) is 12.1. The number of rotatable bonds is 8. The summed E-state index contributed by atoms with van der Waals surface area (Å²) in [6, 6.07) is 15.2. The van der Waals surface area contributed by atoms with Crippen molar-refractivity contribution >= 4 is 22.0 Å². The number of halogens is 1. The van der Waals surface area contributed by atoms with Gasteiger partial charge in [-0.3, -0.25) is 0 Å². The van der Waals surface area contributed by atoms with Crippen LogP contribution in [0.4, 0.5) is 4.79 Å². The molecule has 1 atom stereocenters. The first-order valence-corrected chi connectivity index (χ1v) is 8.79. The standard InChI is InChI=1S/C19H22BrNO4/c1-24-18-8-7-17(20)10-16(18)9-15(12-22)11-21-19(23)25-13-14-5-3-2-4-6-14/h2-8,10,15,22H,9,11-13H2,1H3,(H,21,23). The van der Waals surface area contributed by atoms with Crippen molar-refractivity contribution in [3.05, 3.63) is 64.1 Å². The maximum Gasteiger partial charge on any atom is 0.407 e. The summed E-state index contributed by atoms with van der Waals surface area (Å²) in [5, 5.41) is 12.3. The van der Waals surface area contributed by atoms with Gasteiger partial charge in [0, 0.05) is 23.5 Å². The Balaban J connectivity index is 1.83. The molecule has 2 rings (SSSR count). The van der Waals surface area contributed by atoms with Crippen LogP contribution in [-0.4, -0.2) is 31.5 Å². The predicted octanol–water partition coefficient (Wildman–Crippen LogP) is 3.54. The lowest BCUT2D eigenvalue weighted by molar-refractivity contribution is 0.135. The molecule has 134 valence electrons. The van der Waals surface area contributed by atoms with Crippen LogP contribution in [0.3, 0.4) is 0 Å². The van der Waals surface area contributed by atoms with Crippen molar-refractivity contribution in [2.45, 2.75) is 13.0 Å². The maximum absolute atomic E-state index is 11.8. The van der Waals surface area contributed by atoms with Crippen LogP contribution in [0.5, 0.6) is 5.75 Å². The molecule has 0 saturated heterocycles. The van der Waals surface area contributed by atoms with Gasteiger partial charge in [0.15, 0.2) is 0 Å². The number of hydrogen-bond acceptors (Lipinski definition) is 4. The third kappa shape index (κ3) is 6.40. The van der Waals surface area contributed by atoms with Crippen LogP contribution in [-0.2, 0) is 17.8 Å². The molecule has 5 nitrogen and oxygen atoms in total. The second kappa shape index (κ2) is 10.1. The van der Waals surface area contributed by atoms with Gasteiger partial charge in [-0.25, -0.2) is 4.79 Å². The number of hydrogen-bond donors (Lipinski definition) is 2. The van der Waals surface area contributed by atoms with Crippen molar-refractivity contribution in [2.75, 3.05) is 20.3 Å². The largest absolute Gasteiger partial charge is 0.496 e. The van der Waals surface area contributed by atoms with E-state index < -0.39 is 6.09 Å². The van der Waals surface area contributed by atoms with Crippen LogP contribution in [0, 0.1) is 5.92 Å². The molecule has 2 N–H and O–H groups in total. The van der Waals surface area contributed by atoms with E-state index in [0.717, 1.165) is 21.3 Å². The molecule has 0 spiro atoms. The average molecular weight is 408 g/mol. The highest BCUT2D eigenvalue weighted by molar-refractivity contribution is 9.10. The Hall–Kier alpha value is -2.05. The fourth-order valence-corrected chi connectivity index (χ4v) is 2.83. The first-order valence-electron chi connectivity index (χ1n) is 8.00. The SMILES string of the molecule is COc1ccc(Br)cc1CC(CO)CNC(=O)OCc1ccccc1. The number of benzene rings is 2. The predicted molar refractivity (Wildman–Crippen MR) is 99.6 cm³/mol.